The van der Waals surface area contributed by atoms with Crippen LogP contribution in [0.4, 0.5) is 17.3 Å². The third-order valence-electron chi connectivity index (χ3n) is 3.86. The van der Waals surface area contributed by atoms with Gasteiger partial charge in [0.2, 0.25) is 0 Å². The minimum atomic E-state index is -0.891. The van der Waals surface area contributed by atoms with Crippen LogP contribution in [0.25, 0.3) is 0 Å². The maximum absolute atomic E-state index is 10.1. The van der Waals surface area contributed by atoms with E-state index in [2.05, 4.69) is 15.3 Å². The van der Waals surface area contributed by atoms with E-state index in [-0.39, 0.29) is 12.1 Å². The Kier molecular flexibility index (Phi) is 2.92. The molecular weight excluding hydrogens is 250 g/mol. The average Bonchev–Trinajstić information content (AvgIpc) is 2.94. The van der Waals surface area contributed by atoms with Crippen molar-refractivity contribution in [3.63, 3.8) is 0 Å². The normalized spacial score (nSPS) is 33.3. The summed E-state index contributed by atoms with van der Waals surface area (Å²) in [7, 11) is 1.53. The average molecular weight is 267 g/mol. The molecule has 0 aromatic carbocycles. The minimum Gasteiger partial charge on any atom is -0.388 e. The number of anilines is 3. The molecule has 1 aromatic heterocycles. The lowest BCUT2D eigenvalue weighted by molar-refractivity contribution is -0.0381. The van der Waals surface area contributed by atoms with E-state index in [0.29, 0.717) is 30.4 Å². The summed E-state index contributed by atoms with van der Waals surface area (Å²) in [6.45, 7) is 0.475. The number of methoxy groups -OCH3 is 1. The quantitative estimate of drug-likeness (QED) is 0.525. The largest absolute Gasteiger partial charge is 0.388 e. The smallest absolute Gasteiger partial charge is 0.159 e. The summed E-state index contributed by atoms with van der Waals surface area (Å²) in [6.07, 6.45) is -0.223. The van der Waals surface area contributed by atoms with Crippen LogP contribution in [0.2, 0.25) is 0 Å². The lowest BCUT2D eigenvalue weighted by atomic mass is 10.2. The molecule has 1 saturated carbocycles. The molecule has 2 heterocycles. The molecule has 0 spiro atoms. The van der Waals surface area contributed by atoms with Crippen molar-refractivity contribution >= 4 is 17.3 Å². The van der Waals surface area contributed by atoms with E-state index < -0.39 is 12.2 Å². The zero-order valence-corrected chi connectivity index (χ0v) is 10.5. The molecule has 1 aromatic rings. The number of nitrogen functional groups attached to an aromatic ring is 1. The number of fused-ring (bicyclic) bond motifs is 1. The van der Waals surface area contributed by atoms with E-state index in [4.69, 9.17) is 10.5 Å². The van der Waals surface area contributed by atoms with Gasteiger partial charge in [0.05, 0.1) is 18.8 Å². The number of nitrogens with one attached hydrogen (secondary N) is 1. The van der Waals surface area contributed by atoms with Gasteiger partial charge in [-0.2, -0.15) is 0 Å². The molecule has 0 bridgehead atoms. The molecule has 4 atom stereocenters. The van der Waals surface area contributed by atoms with Gasteiger partial charge in [0.25, 0.3) is 0 Å². The first kappa shape index (κ1) is 12.4. The van der Waals surface area contributed by atoms with Gasteiger partial charge >= 0.3 is 0 Å². The van der Waals surface area contributed by atoms with Crippen LogP contribution in [-0.4, -0.2) is 58.3 Å². The molecule has 1 fully saturated rings. The summed E-state index contributed by atoms with van der Waals surface area (Å²) in [6, 6.07) is -0.261. The Morgan fingerprint density at radius 1 is 1.42 bits per heavy atom. The predicted molar refractivity (Wildman–Crippen MR) is 68.6 cm³/mol. The van der Waals surface area contributed by atoms with Gasteiger partial charge in [-0.05, 0) is 6.42 Å². The third-order valence-corrected chi connectivity index (χ3v) is 3.86. The van der Waals surface area contributed by atoms with Crippen molar-refractivity contribution in [1.29, 1.82) is 0 Å². The second kappa shape index (κ2) is 4.48. The van der Waals surface area contributed by atoms with Gasteiger partial charge in [0.15, 0.2) is 11.6 Å². The zero-order chi connectivity index (χ0) is 13.6. The number of nitrogens with two attached hydrogens (primary N) is 1. The van der Waals surface area contributed by atoms with E-state index >= 15 is 0 Å². The number of rotatable bonds is 2. The number of aromatic nitrogens is 2. The van der Waals surface area contributed by atoms with Crippen molar-refractivity contribution in [3.8, 4) is 0 Å². The summed E-state index contributed by atoms with van der Waals surface area (Å²) in [5, 5.41) is 23.2. The Balaban J connectivity index is 1.88. The maximum atomic E-state index is 10.1. The van der Waals surface area contributed by atoms with Crippen molar-refractivity contribution in [2.45, 2.75) is 30.8 Å². The van der Waals surface area contributed by atoms with Crippen molar-refractivity contribution in [2.75, 3.05) is 29.7 Å². The second-order valence-corrected chi connectivity index (χ2v) is 4.82. The highest BCUT2D eigenvalue weighted by atomic mass is 16.5. The Hall–Kier alpha value is -1.64. The molecule has 0 amide bonds. The van der Waals surface area contributed by atoms with E-state index in [1.165, 1.54) is 13.4 Å². The van der Waals surface area contributed by atoms with Gasteiger partial charge in [-0.1, -0.05) is 0 Å². The number of aliphatic hydroxyl groups is 2. The van der Waals surface area contributed by atoms with Crippen molar-refractivity contribution in [3.05, 3.63) is 6.33 Å². The minimum absolute atomic E-state index is 0.261. The van der Waals surface area contributed by atoms with E-state index in [1.807, 2.05) is 4.90 Å². The Bertz CT molecular complexity index is 485. The van der Waals surface area contributed by atoms with Crippen molar-refractivity contribution in [1.82, 2.24) is 9.97 Å². The summed E-state index contributed by atoms with van der Waals surface area (Å²) >= 11 is 0. The summed E-state index contributed by atoms with van der Waals surface area (Å²) in [5.41, 5.74) is 6.44. The van der Waals surface area contributed by atoms with Gasteiger partial charge in [-0.3, -0.25) is 0 Å². The number of hydrogen-bond donors (Lipinski definition) is 4. The number of nitrogens with zero attached hydrogens (tertiary/aromatic N) is 3. The molecule has 2 aliphatic rings. The van der Waals surface area contributed by atoms with Crippen LogP contribution in [0.5, 0.6) is 0 Å². The van der Waals surface area contributed by atoms with Crippen LogP contribution < -0.4 is 16.0 Å². The SMILES string of the molecule is CO[C@@H]1C[C@H](N2CNc3c(N)ncnc32)[C@@H](O)[C@H]1O. The molecule has 0 unspecified atom stereocenters. The van der Waals surface area contributed by atoms with E-state index in [0.717, 1.165) is 0 Å². The third kappa shape index (κ3) is 1.79. The molecule has 19 heavy (non-hydrogen) atoms. The van der Waals surface area contributed by atoms with Crippen molar-refractivity contribution < 1.29 is 14.9 Å². The molecule has 1 aliphatic heterocycles. The molecular formula is C11H17N5O3. The van der Waals surface area contributed by atoms with Crippen molar-refractivity contribution in [2.24, 2.45) is 0 Å². The summed E-state index contributed by atoms with van der Waals surface area (Å²) in [4.78, 5) is 10.0. The van der Waals surface area contributed by atoms with Gasteiger partial charge in [0, 0.05) is 7.11 Å². The molecule has 104 valence electrons. The first-order valence-corrected chi connectivity index (χ1v) is 6.13. The maximum Gasteiger partial charge on any atom is 0.159 e. The lowest BCUT2D eigenvalue weighted by Gasteiger charge is -2.27. The molecule has 5 N–H and O–H groups in total. The van der Waals surface area contributed by atoms with E-state index in [1.54, 1.807) is 0 Å². The monoisotopic (exact) mass is 267 g/mol. The van der Waals surface area contributed by atoms with Crippen LogP contribution >= 0.6 is 0 Å². The van der Waals surface area contributed by atoms with Crippen LogP contribution in [0.1, 0.15) is 6.42 Å². The standard InChI is InChI=1S/C11H17N5O3/c1-19-6-2-5(8(17)9(6)18)16-4-15-7-10(12)13-3-14-11(7)16/h3,5-6,8-9,15,17-18H,2,4H2,1H3,(H2,12,13,14)/t5-,6+,8+,9-/m0/s1. The number of hydrogen-bond acceptors (Lipinski definition) is 8. The Labute approximate surface area is 110 Å². The molecule has 0 saturated heterocycles. The molecule has 8 heteroatoms. The van der Waals surface area contributed by atoms with Crippen LogP contribution in [0, 0.1) is 0 Å². The zero-order valence-electron chi connectivity index (χ0n) is 10.5. The molecule has 0 radical (unpaired) electrons. The lowest BCUT2D eigenvalue weighted by Crippen LogP contribution is -2.43. The topological polar surface area (TPSA) is 117 Å². The van der Waals surface area contributed by atoms with E-state index in [9.17, 15) is 10.2 Å². The Morgan fingerprint density at radius 2 is 2.21 bits per heavy atom. The molecule has 1 aliphatic carbocycles. The van der Waals surface area contributed by atoms with Gasteiger partial charge in [-0.25, -0.2) is 9.97 Å². The molecule has 3 rings (SSSR count). The first-order valence-electron chi connectivity index (χ1n) is 6.13. The van der Waals surface area contributed by atoms with Crippen LogP contribution in [0.3, 0.4) is 0 Å². The second-order valence-electron chi connectivity index (χ2n) is 4.82. The fraction of sp³-hybridized carbons (Fsp3) is 0.636. The van der Waals surface area contributed by atoms with Crippen LogP contribution in [-0.2, 0) is 4.74 Å². The molecule has 8 nitrogen and oxygen atoms in total. The number of aliphatic hydroxyl groups excluding tert-OH is 2. The fourth-order valence-electron chi connectivity index (χ4n) is 2.80. The predicted octanol–water partition coefficient (Wildman–Crippen LogP) is -1.24. The van der Waals surface area contributed by atoms with Gasteiger partial charge in [-0.15, -0.1) is 0 Å². The van der Waals surface area contributed by atoms with Gasteiger partial charge < -0.3 is 30.9 Å². The fourth-order valence-corrected chi connectivity index (χ4v) is 2.80. The highest BCUT2D eigenvalue weighted by Gasteiger charge is 2.46. The highest BCUT2D eigenvalue weighted by Crippen LogP contribution is 2.38. The summed E-state index contributed by atoms with van der Waals surface area (Å²) in [5.74, 6) is 1.03. The first-order chi connectivity index (χ1) is 9.13. The van der Waals surface area contributed by atoms with Gasteiger partial charge in [0.1, 0.15) is 24.2 Å². The highest BCUT2D eigenvalue weighted by molar-refractivity contribution is 5.80. The Morgan fingerprint density at radius 3 is 2.89 bits per heavy atom. The van der Waals surface area contributed by atoms with Crippen LogP contribution in [0.15, 0.2) is 6.33 Å². The summed E-state index contributed by atoms with van der Waals surface area (Å²) < 4.78 is 5.18. The number of ether oxygens (including phenoxy) is 1.